The molecule has 22 heavy (non-hydrogen) atoms. The van der Waals surface area contributed by atoms with E-state index in [1.54, 1.807) is 4.90 Å². The Labute approximate surface area is 134 Å². The van der Waals surface area contributed by atoms with E-state index in [0.29, 0.717) is 0 Å². The van der Waals surface area contributed by atoms with E-state index in [0.717, 1.165) is 45.1 Å². The van der Waals surface area contributed by atoms with Crippen LogP contribution in [0.5, 0.6) is 0 Å². The molecule has 126 valence electrons. The Hall–Kier alpha value is -1.06. The lowest BCUT2D eigenvalue weighted by molar-refractivity contribution is -0.152. The summed E-state index contributed by atoms with van der Waals surface area (Å²) < 4.78 is 4.87. The topological polar surface area (TPSA) is 46.6 Å². The molecule has 1 saturated heterocycles. The number of ether oxygens (including phenoxy) is 1. The fraction of sp³-hybridized carbons (Fsp3) is 0.889. The van der Waals surface area contributed by atoms with Crippen molar-refractivity contribution in [3.05, 3.63) is 0 Å². The number of likely N-dealkylation sites (tertiary alicyclic amines) is 1. The molecule has 0 spiro atoms. The van der Waals surface area contributed by atoms with Gasteiger partial charge in [-0.05, 0) is 25.7 Å². The van der Waals surface area contributed by atoms with Gasteiger partial charge in [0.05, 0.1) is 7.11 Å². The summed E-state index contributed by atoms with van der Waals surface area (Å²) in [4.78, 5) is 26.6. The molecule has 1 heterocycles. The van der Waals surface area contributed by atoms with Crippen LogP contribution >= 0.6 is 0 Å². The molecular weight excluding hydrogens is 278 g/mol. The summed E-state index contributed by atoms with van der Waals surface area (Å²) >= 11 is 0. The Balaban J connectivity index is 1.96. The summed E-state index contributed by atoms with van der Waals surface area (Å²) in [6.45, 7) is 0.717. The van der Waals surface area contributed by atoms with Gasteiger partial charge in [-0.1, -0.05) is 51.4 Å². The molecule has 1 aliphatic carbocycles. The van der Waals surface area contributed by atoms with E-state index in [-0.39, 0.29) is 23.8 Å². The Kier molecular flexibility index (Phi) is 7.20. The lowest BCUT2D eigenvalue weighted by Crippen LogP contribution is -2.44. The van der Waals surface area contributed by atoms with Crippen LogP contribution in [0.3, 0.4) is 0 Å². The number of esters is 1. The summed E-state index contributed by atoms with van der Waals surface area (Å²) in [6, 6.07) is -0.337. The van der Waals surface area contributed by atoms with Crippen LogP contribution in [0.2, 0.25) is 0 Å². The van der Waals surface area contributed by atoms with Gasteiger partial charge in [-0.15, -0.1) is 0 Å². The molecule has 0 unspecified atom stereocenters. The summed E-state index contributed by atoms with van der Waals surface area (Å²) in [5, 5.41) is 0. The van der Waals surface area contributed by atoms with E-state index in [1.165, 1.54) is 45.6 Å². The van der Waals surface area contributed by atoms with Crippen LogP contribution in [-0.4, -0.2) is 36.5 Å². The normalized spacial score (nSPS) is 25.5. The van der Waals surface area contributed by atoms with Crippen molar-refractivity contribution in [2.45, 2.75) is 83.1 Å². The molecule has 4 nitrogen and oxygen atoms in total. The van der Waals surface area contributed by atoms with Crippen LogP contribution in [0.15, 0.2) is 0 Å². The zero-order valence-electron chi connectivity index (χ0n) is 14.0. The van der Waals surface area contributed by atoms with Crippen LogP contribution in [0.4, 0.5) is 0 Å². The number of carbonyl (C=O) groups is 2. The first-order valence-electron chi connectivity index (χ1n) is 9.12. The first-order valence-corrected chi connectivity index (χ1v) is 9.12. The second kappa shape index (κ2) is 9.16. The van der Waals surface area contributed by atoms with Gasteiger partial charge < -0.3 is 9.64 Å². The highest BCUT2D eigenvalue weighted by Crippen LogP contribution is 2.27. The minimum Gasteiger partial charge on any atom is -0.467 e. The Bertz CT molecular complexity index is 357. The standard InChI is InChI=1S/C18H31NO3/c1-22-18(21)16-13-10-14-19(16)17(20)15-11-8-6-4-2-3-5-7-9-12-15/h15-16H,2-14H2,1H3/t16-/m0/s1. The summed E-state index contributed by atoms with van der Waals surface area (Å²) in [6.07, 6.45) is 13.7. The average molecular weight is 309 g/mol. The van der Waals surface area contributed by atoms with Gasteiger partial charge in [0.25, 0.3) is 0 Å². The zero-order valence-corrected chi connectivity index (χ0v) is 14.0. The first-order chi connectivity index (χ1) is 10.7. The molecule has 1 saturated carbocycles. The quantitative estimate of drug-likeness (QED) is 0.731. The smallest absolute Gasteiger partial charge is 0.328 e. The number of methoxy groups -OCH3 is 1. The molecule has 0 radical (unpaired) electrons. The van der Waals surface area contributed by atoms with Gasteiger partial charge in [-0.25, -0.2) is 4.79 Å². The molecule has 1 aliphatic heterocycles. The highest BCUT2D eigenvalue weighted by atomic mass is 16.5. The van der Waals surface area contributed by atoms with E-state index in [4.69, 9.17) is 4.74 Å². The number of rotatable bonds is 2. The zero-order chi connectivity index (χ0) is 15.8. The van der Waals surface area contributed by atoms with Crippen LogP contribution in [0.25, 0.3) is 0 Å². The largest absolute Gasteiger partial charge is 0.467 e. The van der Waals surface area contributed by atoms with Crippen LogP contribution in [0.1, 0.15) is 77.0 Å². The number of hydrogen-bond donors (Lipinski definition) is 0. The highest BCUT2D eigenvalue weighted by Gasteiger charge is 2.37. The van der Waals surface area contributed by atoms with E-state index in [9.17, 15) is 9.59 Å². The minimum absolute atomic E-state index is 0.114. The predicted octanol–water partition coefficient (Wildman–Crippen LogP) is 3.68. The molecule has 2 rings (SSSR count). The maximum atomic E-state index is 12.9. The Morgan fingerprint density at radius 1 is 0.818 bits per heavy atom. The third-order valence-electron chi connectivity index (χ3n) is 5.21. The third kappa shape index (κ3) is 4.72. The second-order valence-electron chi connectivity index (χ2n) is 6.82. The number of carbonyl (C=O) groups excluding carboxylic acids is 2. The van der Waals surface area contributed by atoms with Crippen LogP contribution < -0.4 is 0 Å². The first kappa shape index (κ1) is 17.3. The monoisotopic (exact) mass is 309 g/mol. The van der Waals surface area contributed by atoms with Gasteiger partial charge in [0.15, 0.2) is 0 Å². The summed E-state index contributed by atoms with van der Waals surface area (Å²) in [5.74, 6) is 0.0676. The lowest BCUT2D eigenvalue weighted by atomic mass is 9.93. The predicted molar refractivity (Wildman–Crippen MR) is 86.4 cm³/mol. The summed E-state index contributed by atoms with van der Waals surface area (Å²) in [5.41, 5.74) is 0. The van der Waals surface area contributed by atoms with Gasteiger partial charge in [0.1, 0.15) is 6.04 Å². The van der Waals surface area contributed by atoms with Crippen molar-refractivity contribution in [2.75, 3.05) is 13.7 Å². The molecule has 2 aliphatic rings. The molecule has 1 amide bonds. The number of amides is 1. The molecular formula is C18H31NO3. The van der Waals surface area contributed by atoms with Gasteiger partial charge in [0, 0.05) is 12.5 Å². The summed E-state index contributed by atoms with van der Waals surface area (Å²) in [7, 11) is 1.41. The van der Waals surface area contributed by atoms with Gasteiger partial charge in [-0.2, -0.15) is 0 Å². The van der Waals surface area contributed by atoms with Crippen LogP contribution in [-0.2, 0) is 14.3 Å². The van der Waals surface area contributed by atoms with Crippen molar-refractivity contribution in [1.29, 1.82) is 0 Å². The van der Waals surface area contributed by atoms with E-state index in [1.807, 2.05) is 0 Å². The number of hydrogen-bond acceptors (Lipinski definition) is 3. The highest BCUT2D eigenvalue weighted by molar-refractivity contribution is 5.86. The van der Waals surface area contributed by atoms with Gasteiger partial charge in [-0.3, -0.25) is 4.79 Å². The maximum absolute atomic E-state index is 12.9. The fourth-order valence-electron chi connectivity index (χ4n) is 3.88. The van der Waals surface area contributed by atoms with E-state index < -0.39 is 0 Å². The fourth-order valence-corrected chi connectivity index (χ4v) is 3.88. The molecule has 0 bridgehead atoms. The van der Waals surface area contributed by atoms with Crippen molar-refractivity contribution in [3.8, 4) is 0 Å². The second-order valence-corrected chi connectivity index (χ2v) is 6.82. The van der Waals surface area contributed by atoms with E-state index in [2.05, 4.69) is 0 Å². The molecule has 4 heteroatoms. The van der Waals surface area contributed by atoms with Gasteiger partial charge >= 0.3 is 5.97 Å². The van der Waals surface area contributed by atoms with Crippen molar-refractivity contribution < 1.29 is 14.3 Å². The van der Waals surface area contributed by atoms with Crippen LogP contribution in [0, 0.1) is 5.92 Å². The molecule has 0 aromatic rings. The lowest BCUT2D eigenvalue weighted by Gasteiger charge is -2.27. The number of nitrogens with zero attached hydrogens (tertiary/aromatic N) is 1. The Morgan fingerprint density at radius 3 is 1.91 bits per heavy atom. The third-order valence-corrected chi connectivity index (χ3v) is 5.21. The Morgan fingerprint density at radius 2 is 1.36 bits per heavy atom. The minimum atomic E-state index is -0.337. The molecule has 0 aromatic heterocycles. The van der Waals surface area contributed by atoms with Crippen molar-refractivity contribution in [2.24, 2.45) is 5.92 Å². The molecule has 1 atom stereocenters. The maximum Gasteiger partial charge on any atom is 0.328 e. The molecule has 0 N–H and O–H groups in total. The van der Waals surface area contributed by atoms with Gasteiger partial charge in [0.2, 0.25) is 5.91 Å². The van der Waals surface area contributed by atoms with Crippen molar-refractivity contribution in [1.82, 2.24) is 4.90 Å². The van der Waals surface area contributed by atoms with Crippen molar-refractivity contribution in [3.63, 3.8) is 0 Å². The van der Waals surface area contributed by atoms with Crippen molar-refractivity contribution >= 4 is 11.9 Å². The SMILES string of the molecule is COC(=O)[C@@H]1CCCN1C(=O)C1CCCCCCCCCC1. The molecule has 0 aromatic carbocycles. The van der Waals surface area contributed by atoms with E-state index >= 15 is 0 Å². The molecule has 2 fully saturated rings. The average Bonchev–Trinajstić information content (AvgIpc) is 2.99.